The summed E-state index contributed by atoms with van der Waals surface area (Å²) in [6.07, 6.45) is 3.53. The van der Waals surface area contributed by atoms with Gasteiger partial charge in [-0.3, -0.25) is 9.69 Å². The van der Waals surface area contributed by atoms with Crippen LogP contribution < -0.4 is 10.1 Å². The Kier molecular flexibility index (Phi) is 9.93. The van der Waals surface area contributed by atoms with E-state index in [4.69, 9.17) is 10.00 Å². The van der Waals surface area contributed by atoms with Gasteiger partial charge in [-0.25, -0.2) is 0 Å². The number of carbonyl (C=O) groups is 1. The number of benzene rings is 2. The molecule has 1 N–H and O–H groups in total. The normalized spacial score (nSPS) is 15.5. The molecular formula is C28H38N4O2. The van der Waals surface area contributed by atoms with Crippen LogP contribution in [0.3, 0.4) is 0 Å². The van der Waals surface area contributed by atoms with Crippen LogP contribution in [0.4, 0.5) is 5.69 Å². The first-order valence-electron chi connectivity index (χ1n) is 12.4. The largest absolute Gasteiger partial charge is 0.492 e. The monoisotopic (exact) mass is 462 g/mol. The maximum Gasteiger partial charge on any atom is 0.221 e. The maximum atomic E-state index is 11.1. The fourth-order valence-electron chi connectivity index (χ4n) is 4.60. The van der Waals surface area contributed by atoms with E-state index in [1.807, 2.05) is 37.3 Å². The quantitative estimate of drug-likeness (QED) is 0.520. The summed E-state index contributed by atoms with van der Waals surface area (Å²) >= 11 is 0. The van der Waals surface area contributed by atoms with Crippen molar-refractivity contribution in [3.8, 4) is 11.8 Å². The second-order valence-electron chi connectivity index (χ2n) is 9.17. The minimum absolute atomic E-state index is 0.0700. The average Bonchev–Trinajstić information content (AvgIpc) is 2.83. The van der Waals surface area contributed by atoms with E-state index in [1.54, 1.807) is 0 Å². The number of carbonyl (C=O) groups excluding carboxylic acids is 1. The number of anilines is 1. The maximum absolute atomic E-state index is 11.1. The number of aryl methyl sites for hydroxylation is 1. The highest BCUT2D eigenvalue weighted by molar-refractivity contribution is 5.88. The lowest BCUT2D eigenvalue weighted by Crippen LogP contribution is -2.47. The van der Waals surface area contributed by atoms with Crippen molar-refractivity contribution in [2.45, 2.75) is 46.0 Å². The van der Waals surface area contributed by atoms with Crippen molar-refractivity contribution in [2.75, 3.05) is 51.2 Å². The predicted octanol–water partition coefficient (Wildman–Crippen LogP) is 4.80. The molecule has 34 heavy (non-hydrogen) atoms. The van der Waals surface area contributed by atoms with Crippen molar-refractivity contribution in [1.29, 1.82) is 5.26 Å². The van der Waals surface area contributed by atoms with E-state index in [0.29, 0.717) is 12.5 Å². The van der Waals surface area contributed by atoms with Crippen LogP contribution in [-0.2, 0) is 4.79 Å². The Hall–Kier alpha value is -2.88. The fraction of sp³-hybridized carbons (Fsp3) is 0.500. The lowest BCUT2D eigenvalue weighted by molar-refractivity contribution is -0.114. The zero-order valence-electron chi connectivity index (χ0n) is 20.8. The van der Waals surface area contributed by atoms with Gasteiger partial charge < -0.3 is 15.0 Å². The van der Waals surface area contributed by atoms with Crippen LogP contribution in [0.15, 0.2) is 42.5 Å². The van der Waals surface area contributed by atoms with Gasteiger partial charge in [0.25, 0.3) is 0 Å². The Bertz CT molecular complexity index is 959. The van der Waals surface area contributed by atoms with Gasteiger partial charge in [0.1, 0.15) is 12.4 Å². The SMILES string of the molecule is CCC(CCCN1CCN(CCOc2ccc(NC(C)=O)cc2)CC1)c1ccc(C#N)c(C)c1. The molecule has 182 valence electrons. The summed E-state index contributed by atoms with van der Waals surface area (Å²) in [6, 6.07) is 16.1. The minimum Gasteiger partial charge on any atom is -0.492 e. The molecule has 1 aliphatic rings. The lowest BCUT2D eigenvalue weighted by atomic mass is 9.90. The Morgan fingerprint density at radius 2 is 1.76 bits per heavy atom. The first-order chi connectivity index (χ1) is 16.5. The molecule has 0 bridgehead atoms. The summed E-state index contributed by atoms with van der Waals surface area (Å²) in [7, 11) is 0. The number of hydrogen-bond donors (Lipinski definition) is 1. The van der Waals surface area contributed by atoms with Crippen LogP contribution in [0.5, 0.6) is 5.75 Å². The lowest BCUT2D eigenvalue weighted by Gasteiger charge is -2.34. The number of ether oxygens (including phenoxy) is 1. The third-order valence-corrected chi connectivity index (χ3v) is 6.68. The van der Waals surface area contributed by atoms with Gasteiger partial charge in [-0.15, -0.1) is 0 Å². The molecule has 0 aromatic heterocycles. The number of nitriles is 1. The molecule has 1 unspecified atom stereocenters. The number of amides is 1. The molecular weight excluding hydrogens is 424 g/mol. The van der Waals surface area contributed by atoms with E-state index in [0.717, 1.165) is 68.3 Å². The molecule has 0 aliphatic carbocycles. The molecule has 6 nitrogen and oxygen atoms in total. The number of piperazine rings is 1. The molecule has 0 radical (unpaired) electrons. The van der Waals surface area contributed by atoms with Gasteiger partial charge in [0.05, 0.1) is 11.6 Å². The first-order valence-corrected chi connectivity index (χ1v) is 12.4. The van der Waals surface area contributed by atoms with Gasteiger partial charge in [0.2, 0.25) is 5.91 Å². The molecule has 2 aromatic carbocycles. The molecule has 2 aromatic rings. The summed E-state index contributed by atoms with van der Waals surface area (Å²) in [5, 5.41) is 11.9. The van der Waals surface area contributed by atoms with Crippen molar-refractivity contribution in [2.24, 2.45) is 0 Å². The third kappa shape index (κ3) is 7.86. The third-order valence-electron chi connectivity index (χ3n) is 6.68. The molecule has 1 amide bonds. The van der Waals surface area contributed by atoms with Crippen molar-refractivity contribution in [1.82, 2.24) is 9.80 Å². The standard InChI is InChI=1S/C28H38N4O2/c1-4-24(25-7-8-26(21-29)22(2)20-25)6-5-13-31-14-16-32(17-15-31)18-19-34-28-11-9-27(10-12-28)30-23(3)33/h7-12,20,24H,4-6,13-19H2,1-3H3,(H,30,33). The molecule has 3 rings (SSSR count). The molecule has 1 heterocycles. The smallest absolute Gasteiger partial charge is 0.221 e. The zero-order valence-corrected chi connectivity index (χ0v) is 20.8. The van der Waals surface area contributed by atoms with Gasteiger partial charge in [0.15, 0.2) is 0 Å². The molecule has 0 saturated carbocycles. The Morgan fingerprint density at radius 3 is 2.35 bits per heavy atom. The van der Waals surface area contributed by atoms with E-state index in [-0.39, 0.29) is 5.91 Å². The van der Waals surface area contributed by atoms with Gasteiger partial charge in [-0.05, 0) is 80.1 Å². The van der Waals surface area contributed by atoms with Gasteiger partial charge in [0, 0.05) is 45.3 Å². The summed E-state index contributed by atoms with van der Waals surface area (Å²) in [5.74, 6) is 1.33. The Morgan fingerprint density at radius 1 is 1.09 bits per heavy atom. The molecule has 1 fully saturated rings. The first kappa shape index (κ1) is 25.7. The summed E-state index contributed by atoms with van der Waals surface area (Å²) in [6.45, 7) is 12.9. The van der Waals surface area contributed by atoms with Crippen LogP contribution in [0.1, 0.15) is 55.7 Å². The molecule has 1 atom stereocenters. The predicted molar refractivity (Wildman–Crippen MR) is 137 cm³/mol. The zero-order chi connectivity index (χ0) is 24.3. The Labute approximate surface area is 204 Å². The highest BCUT2D eigenvalue weighted by atomic mass is 16.5. The molecule has 0 spiro atoms. The minimum atomic E-state index is -0.0700. The number of nitrogens with zero attached hydrogens (tertiary/aromatic N) is 3. The van der Waals surface area contributed by atoms with Gasteiger partial charge >= 0.3 is 0 Å². The van der Waals surface area contributed by atoms with E-state index in [2.05, 4.69) is 40.2 Å². The van der Waals surface area contributed by atoms with Gasteiger partial charge in [-0.1, -0.05) is 19.1 Å². The van der Waals surface area contributed by atoms with Crippen molar-refractivity contribution in [3.63, 3.8) is 0 Å². The van der Waals surface area contributed by atoms with E-state index < -0.39 is 0 Å². The van der Waals surface area contributed by atoms with Crippen LogP contribution >= 0.6 is 0 Å². The van der Waals surface area contributed by atoms with Crippen molar-refractivity contribution >= 4 is 11.6 Å². The number of rotatable bonds is 11. The Balaban J connectivity index is 1.32. The summed E-state index contributed by atoms with van der Waals surface area (Å²) in [4.78, 5) is 16.1. The van der Waals surface area contributed by atoms with Crippen LogP contribution in [-0.4, -0.2) is 61.6 Å². The summed E-state index contributed by atoms with van der Waals surface area (Å²) < 4.78 is 5.88. The number of nitrogens with one attached hydrogen (secondary N) is 1. The van der Waals surface area contributed by atoms with Crippen LogP contribution in [0.2, 0.25) is 0 Å². The van der Waals surface area contributed by atoms with Crippen LogP contribution in [0.25, 0.3) is 0 Å². The fourth-order valence-corrected chi connectivity index (χ4v) is 4.60. The van der Waals surface area contributed by atoms with Gasteiger partial charge in [-0.2, -0.15) is 5.26 Å². The van der Waals surface area contributed by atoms with Crippen LogP contribution in [0, 0.1) is 18.3 Å². The van der Waals surface area contributed by atoms with E-state index in [9.17, 15) is 4.79 Å². The molecule has 1 aliphatic heterocycles. The second kappa shape index (κ2) is 13.1. The van der Waals surface area contributed by atoms with Crippen molar-refractivity contribution in [3.05, 3.63) is 59.2 Å². The highest BCUT2D eigenvalue weighted by Gasteiger charge is 2.17. The molecule has 6 heteroatoms. The van der Waals surface area contributed by atoms with Crippen molar-refractivity contribution < 1.29 is 9.53 Å². The average molecular weight is 463 g/mol. The highest BCUT2D eigenvalue weighted by Crippen LogP contribution is 2.26. The second-order valence-corrected chi connectivity index (χ2v) is 9.17. The van der Waals surface area contributed by atoms with E-state index >= 15 is 0 Å². The number of hydrogen-bond acceptors (Lipinski definition) is 5. The van der Waals surface area contributed by atoms with E-state index in [1.165, 1.54) is 25.3 Å². The topological polar surface area (TPSA) is 68.6 Å². The summed E-state index contributed by atoms with van der Waals surface area (Å²) in [5.41, 5.74) is 4.02. The molecule has 1 saturated heterocycles.